The average molecular weight is 876 g/mol. The first kappa shape index (κ1) is 60.6. The summed E-state index contributed by atoms with van der Waals surface area (Å²) in [6.07, 6.45) is 60.8. The number of aliphatic hydroxyl groups excluding tert-OH is 2. The van der Waals surface area contributed by atoms with Crippen molar-refractivity contribution in [2.24, 2.45) is 0 Å². The van der Waals surface area contributed by atoms with Crippen LogP contribution in [0.2, 0.25) is 0 Å². The minimum atomic E-state index is -0.846. The maximum atomic E-state index is 12.4. The van der Waals surface area contributed by atoms with Crippen LogP contribution in [-0.2, 0) is 14.3 Å². The third-order valence-electron chi connectivity index (χ3n) is 13.1. The molecule has 0 aromatic carbocycles. The lowest BCUT2D eigenvalue weighted by atomic mass is 10.0. The predicted octanol–water partition coefficient (Wildman–Crippen LogP) is 16.9. The van der Waals surface area contributed by atoms with Gasteiger partial charge in [0, 0.05) is 12.8 Å². The average Bonchev–Trinajstić information content (AvgIpc) is 3.27. The molecule has 0 aromatic rings. The van der Waals surface area contributed by atoms with Gasteiger partial charge in [0.2, 0.25) is 5.91 Å². The zero-order valence-electron chi connectivity index (χ0n) is 41.9. The predicted molar refractivity (Wildman–Crippen MR) is 269 cm³/mol. The SMILES string of the molecule is CCCCCCCCCCCC/C=C/C(O)C(CO)NC(=O)CCCCCCCCCCCCCCCCCCCOC(=O)CCCCCCCCCCCCCCCCCC. The van der Waals surface area contributed by atoms with Crippen LogP contribution in [0.1, 0.15) is 309 Å². The molecule has 6 heteroatoms. The number of unbranched alkanes of at least 4 members (excludes halogenated alkanes) is 41. The zero-order valence-corrected chi connectivity index (χ0v) is 41.9. The number of allylic oxidation sites excluding steroid dienone is 1. The Hall–Kier alpha value is -1.40. The zero-order chi connectivity index (χ0) is 45.1. The van der Waals surface area contributed by atoms with Crippen LogP contribution in [0, 0.1) is 0 Å². The molecule has 0 aliphatic rings. The number of carbonyl (C=O) groups is 2. The summed E-state index contributed by atoms with van der Waals surface area (Å²) in [6.45, 7) is 4.90. The summed E-state index contributed by atoms with van der Waals surface area (Å²) in [5.74, 6) is -0.0647. The Labute approximate surface area is 387 Å². The fourth-order valence-electron chi connectivity index (χ4n) is 8.75. The van der Waals surface area contributed by atoms with E-state index in [1.165, 1.54) is 244 Å². The topological polar surface area (TPSA) is 95.9 Å². The number of esters is 1. The van der Waals surface area contributed by atoms with Gasteiger partial charge in [-0.05, 0) is 32.1 Å². The van der Waals surface area contributed by atoms with Gasteiger partial charge in [-0.1, -0.05) is 276 Å². The number of amides is 1. The van der Waals surface area contributed by atoms with Gasteiger partial charge in [0.25, 0.3) is 0 Å². The van der Waals surface area contributed by atoms with Crippen LogP contribution >= 0.6 is 0 Å². The summed E-state index contributed by atoms with van der Waals surface area (Å²) in [6, 6.07) is -0.630. The van der Waals surface area contributed by atoms with Gasteiger partial charge >= 0.3 is 5.97 Å². The number of hydrogen-bond donors (Lipinski definition) is 3. The largest absolute Gasteiger partial charge is 0.466 e. The van der Waals surface area contributed by atoms with E-state index in [-0.39, 0.29) is 18.5 Å². The summed E-state index contributed by atoms with van der Waals surface area (Å²) in [5, 5.41) is 23.0. The number of aliphatic hydroxyl groups is 2. The van der Waals surface area contributed by atoms with Crippen LogP contribution < -0.4 is 5.32 Å². The van der Waals surface area contributed by atoms with E-state index in [0.717, 1.165) is 38.5 Å². The standard InChI is InChI=1S/C56H109NO5/c1-3-5-7-9-11-13-15-17-18-23-26-30-34-38-42-46-50-56(61)62-51-47-43-39-35-31-27-24-21-19-20-22-25-29-33-37-41-45-49-55(60)57-53(52-58)54(59)48-44-40-36-32-28-16-14-12-10-8-6-4-2/h44,48,53-54,58-59H,3-43,45-47,49-52H2,1-2H3,(H,57,60)/b48-44+. The van der Waals surface area contributed by atoms with Crippen LogP contribution in [0.25, 0.3) is 0 Å². The van der Waals surface area contributed by atoms with Gasteiger partial charge in [-0.15, -0.1) is 0 Å². The molecular weight excluding hydrogens is 767 g/mol. The van der Waals surface area contributed by atoms with Gasteiger partial charge in [-0.2, -0.15) is 0 Å². The molecule has 0 bridgehead atoms. The van der Waals surface area contributed by atoms with Crippen LogP contribution in [0.5, 0.6) is 0 Å². The number of ether oxygens (including phenoxy) is 1. The van der Waals surface area contributed by atoms with E-state index < -0.39 is 12.1 Å². The molecule has 0 saturated heterocycles. The first-order chi connectivity index (χ1) is 30.5. The van der Waals surface area contributed by atoms with E-state index in [4.69, 9.17) is 4.74 Å². The van der Waals surface area contributed by atoms with E-state index >= 15 is 0 Å². The number of hydrogen-bond acceptors (Lipinski definition) is 5. The molecule has 0 heterocycles. The Kier molecular flexibility index (Phi) is 51.0. The summed E-state index contributed by atoms with van der Waals surface area (Å²) in [5.41, 5.74) is 0. The molecule has 0 fully saturated rings. The molecular formula is C56H109NO5. The molecule has 6 nitrogen and oxygen atoms in total. The molecule has 0 aliphatic heterocycles. The second kappa shape index (κ2) is 52.2. The molecule has 0 aromatic heterocycles. The van der Waals surface area contributed by atoms with Crippen LogP contribution in [0.4, 0.5) is 0 Å². The Morgan fingerprint density at radius 3 is 1.10 bits per heavy atom. The lowest BCUT2D eigenvalue weighted by Gasteiger charge is -2.20. The minimum Gasteiger partial charge on any atom is -0.466 e. The molecule has 3 N–H and O–H groups in total. The van der Waals surface area contributed by atoms with Crippen molar-refractivity contribution in [2.75, 3.05) is 13.2 Å². The summed E-state index contributed by atoms with van der Waals surface area (Å²) < 4.78 is 5.48. The van der Waals surface area contributed by atoms with Crippen molar-refractivity contribution in [3.8, 4) is 0 Å². The highest BCUT2D eigenvalue weighted by molar-refractivity contribution is 5.76. The quantitative estimate of drug-likeness (QED) is 0.0321. The molecule has 0 radical (unpaired) electrons. The molecule has 0 spiro atoms. The lowest BCUT2D eigenvalue weighted by Crippen LogP contribution is -2.45. The van der Waals surface area contributed by atoms with E-state index in [0.29, 0.717) is 19.4 Å². The van der Waals surface area contributed by atoms with Gasteiger partial charge in [0.1, 0.15) is 0 Å². The number of rotatable bonds is 52. The van der Waals surface area contributed by atoms with Crippen LogP contribution in [-0.4, -0.2) is 47.4 Å². The highest BCUT2D eigenvalue weighted by Gasteiger charge is 2.18. The molecule has 2 atom stereocenters. The van der Waals surface area contributed by atoms with Crippen LogP contribution in [0.3, 0.4) is 0 Å². The molecule has 2 unspecified atom stereocenters. The Morgan fingerprint density at radius 1 is 0.435 bits per heavy atom. The van der Waals surface area contributed by atoms with Gasteiger partial charge in [0.15, 0.2) is 0 Å². The van der Waals surface area contributed by atoms with Crippen molar-refractivity contribution in [2.45, 2.75) is 321 Å². The minimum absolute atomic E-state index is 0.00809. The Balaban J connectivity index is 3.40. The second-order valence-corrected chi connectivity index (χ2v) is 19.3. The van der Waals surface area contributed by atoms with Crippen molar-refractivity contribution in [3.63, 3.8) is 0 Å². The highest BCUT2D eigenvalue weighted by atomic mass is 16.5. The Bertz CT molecular complexity index is 924. The monoisotopic (exact) mass is 876 g/mol. The number of carbonyl (C=O) groups excluding carboxylic acids is 2. The molecule has 0 rings (SSSR count). The van der Waals surface area contributed by atoms with Crippen molar-refractivity contribution >= 4 is 11.9 Å². The van der Waals surface area contributed by atoms with E-state index in [2.05, 4.69) is 19.2 Å². The van der Waals surface area contributed by atoms with Gasteiger partial charge in [0.05, 0.1) is 25.4 Å². The fourth-order valence-corrected chi connectivity index (χ4v) is 8.75. The summed E-state index contributed by atoms with van der Waals surface area (Å²) in [4.78, 5) is 24.5. The summed E-state index contributed by atoms with van der Waals surface area (Å²) in [7, 11) is 0. The lowest BCUT2D eigenvalue weighted by molar-refractivity contribution is -0.143. The smallest absolute Gasteiger partial charge is 0.305 e. The van der Waals surface area contributed by atoms with Gasteiger partial charge in [-0.25, -0.2) is 0 Å². The van der Waals surface area contributed by atoms with Crippen molar-refractivity contribution < 1.29 is 24.5 Å². The Morgan fingerprint density at radius 2 is 0.742 bits per heavy atom. The van der Waals surface area contributed by atoms with Gasteiger partial charge < -0.3 is 20.3 Å². The number of nitrogens with one attached hydrogen (secondary N) is 1. The second-order valence-electron chi connectivity index (χ2n) is 19.3. The highest BCUT2D eigenvalue weighted by Crippen LogP contribution is 2.17. The maximum absolute atomic E-state index is 12.4. The first-order valence-electron chi connectivity index (χ1n) is 28.0. The normalized spacial score (nSPS) is 12.6. The molecule has 62 heavy (non-hydrogen) atoms. The van der Waals surface area contributed by atoms with Crippen molar-refractivity contribution in [3.05, 3.63) is 12.2 Å². The van der Waals surface area contributed by atoms with Gasteiger partial charge in [-0.3, -0.25) is 9.59 Å². The fraction of sp³-hybridized carbons (Fsp3) is 0.929. The van der Waals surface area contributed by atoms with E-state index in [9.17, 15) is 19.8 Å². The van der Waals surface area contributed by atoms with E-state index in [1.807, 2.05) is 6.08 Å². The molecule has 1 amide bonds. The molecule has 0 aliphatic carbocycles. The molecule has 368 valence electrons. The van der Waals surface area contributed by atoms with Crippen molar-refractivity contribution in [1.82, 2.24) is 5.32 Å². The summed E-state index contributed by atoms with van der Waals surface area (Å²) >= 11 is 0. The molecule has 0 saturated carbocycles. The third kappa shape index (κ3) is 48.1. The van der Waals surface area contributed by atoms with Crippen molar-refractivity contribution in [1.29, 1.82) is 0 Å². The first-order valence-corrected chi connectivity index (χ1v) is 28.0. The van der Waals surface area contributed by atoms with E-state index in [1.54, 1.807) is 6.08 Å². The van der Waals surface area contributed by atoms with Crippen LogP contribution in [0.15, 0.2) is 12.2 Å². The maximum Gasteiger partial charge on any atom is 0.305 e. The third-order valence-corrected chi connectivity index (χ3v) is 13.1.